The molecule has 0 bridgehead atoms. The molecule has 0 aromatic heterocycles. The van der Waals surface area contributed by atoms with Crippen LogP contribution in [0.4, 0.5) is 0 Å². The van der Waals surface area contributed by atoms with Crippen LogP contribution in [-0.2, 0) is 4.79 Å². The average Bonchev–Trinajstić information content (AvgIpc) is 2.13. The average molecular weight is 170 g/mol. The van der Waals surface area contributed by atoms with Crippen LogP contribution >= 0.6 is 0 Å². The smallest absolute Gasteiger partial charge is 0.144 e. The Balaban J connectivity index is 0.000000561. The maximum Gasteiger partial charge on any atom is 0.144 e. The van der Waals surface area contributed by atoms with E-state index in [0.717, 1.165) is 25.1 Å². The van der Waals surface area contributed by atoms with Gasteiger partial charge in [-0.3, -0.25) is 4.99 Å². The Morgan fingerprint density at radius 1 is 1.58 bits per heavy atom. The summed E-state index contributed by atoms with van der Waals surface area (Å²) in [7, 11) is 1.99. The van der Waals surface area contributed by atoms with E-state index in [1.54, 1.807) is 0 Å². The van der Waals surface area contributed by atoms with Gasteiger partial charge in [0.25, 0.3) is 0 Å². The topological polar surface area (TPSA) is 32.7 Å². The number of amidine groups is 1. The molecule has 1 aliphatic heterocycles. The first-order chi connectivity index (χ1) is 5.74. The lowest BCUT2D eigenvalue weighted by atomic mass is 10.2. The molecule has 1 unspecified atom stereocenters. The molecule has 0 fully saturated rings. The Bertz CT molecular complexity index is 166. The van der Waals surface area contributed by atoms with Crippen LogP contribution in [0.15, 0.2) is 4.99 Å². The first-order valence-electron chi connectivity index (χ1n) is 4.45. The van der Waals surface area contributed by atoms with E-state index in [1.807, 2.05) is 27.8 Å². The van der Waals surface area contributed by atoms with Crippen LogP contribution < -0.4 is 0 Å². The lowest BCUT2D eigenvalue weighted by molar-refractivity contribution is -0.109. The number of hydrogen-bond acceptors (Lipinski definition) is 3. The normalized spacial score (nSPS) is 22.2. The molecule has 0 saturated heterocycles. The number of aliphatic imine (C=N–C) groups is 1. The molecule has 0 amide bonds. The van der Waals surface area contributed by atoms with Crippen LogP contribution in [0.25, 0.3) is 0 Å². The third kappa shape index (κ3) is 3.03. The molecule has 1 heterocycles. The lowest BCUT2D eigenvalue weighted by Crippen LogP contribution is -2.34. The van der Waals surface area contributed by atoms with Gasteiger partial charge in [-0.1, -0.05) is 13.8 Å². The molecule has 0 aliphatic carbocycles. The van der Waals surface area contributed by atoms with Crippen molar-refractivity contribution in [2.75, 3.05) is 13.6 Å². The Morgan fingerprint density at radius 3 is 2.58 bits per heavy atom. The van der Waals surface area contributed by atoms with E-state index >= 15 is 0 Å². The number of carbonyl (C=O) groups excluding carboxylic acids is 1. The van der Waals surface area contributed by atoms with Crippen molar-refractivity contribution in [3.8, 4) is 0 Å². The first kappa shape index (κ1) is 11.1. The summed E-state index contributed by atoms with van der Waals surface area (Å²) in [6.07, 6.45) is 1.77. The van der Waals surface area contributed by atoms with E-state index in [1.165, 1.54) is 0 Å². The maximum atomic E-state index is 10.3. The summed E-state index contributed by atoms with van der Waals surface area (Å²) in [5.74, 6) is 0.961. The molecule has 70 valence electrons. The number of aldehydes is 1. The summed E-state index contributed by atoms with van der Waals surface area (Å²) in [6.45, 7) is 6.87. The monoisotopic (exact) mass is 170 g/mol. The molecule has 1 aliphatic rings. The van der Waals surface area contributed by atoms with Crippen molar-refractivity contribution >= 4 is 12.1 Å². The van der Waals surface area contributed by atoms with Gasteiger partial charge in [0.1, 0.15) is 12.3 Å². The fourth-order valence-electron chi connectivity index (χ4n) is 0.989. The van der Waals surface area contributed by atoms with Gasteiger partial charge in [0, 0.05) is 13.6 Å². The molecule has 0 saturated carbocycles. The zero-order valence-electron chi connectivity index (χ0n) is 8.37. The third-order valence-electron chi connectivity index (χ3n) is 1.82. The molecule has 0 aromatic carbocycles. The Labute approximate surface area is 74.5 Å². The quantitative estimate of drug-likeness (QED) is 0.556. The molecule has 0 radical (unpaired) electrons. The number of hydrogen-bond donors (Lipinski definition) is 0. The Hall–Kier alpha value is -0.860. The number of carbonyl (C=O) groups is 1. The van der Waals surface area contributed by atoms with Crippen molar-refractivity contribution in [2.45, 2.75) is 33.2 Å². The summed E-state index contributed by atoms with van der Waals surface area (Å²) in [4.78, 5) is 16.5. The van der Waals surface area contributed by atoms with Crippen molar-refractivity contribution in [3.63, 3.8) is 0 Å². The van der Waals surface area contributed by atoms with Gasteiger partial charge in [-0.2, -0.15) is 0 Å². The zero-order chi connectivity index (χ0) is 9.56. The minimum absolute atomic E-state index is 0.0869. The highest BCUT2D eigenvalue weighted by Crippen LogP contribution is 2.05. The van der Waals surface area contributed by atoms with E-state index in [4.69, 9.17) is 0 Å². The largest absolute Gasteiger partial charge is 0.364 e. The highest BCUT2D eigenvalue weighted by molar-refractivity contribution is 5.82. The SMILES string of the molecule is CC.CC1=NC(C=O)CCN1C. The minimum atomic E-state index is -0.0869. The van der Waals surface area contributed by atoms with Gasteiger partial charge in [0.05, 0.1) is 5.84 Å². The molecule has 0 spiro atoms. The molecule has 3 nitrogen and oxygen atoms in total. The van der Waals surface area contributed by atoms with E-state index in [2.05, 4.69) is 9.89 Å². The van der Waals surface area contributed by atoms with Gasteiger partial charge in [-0.25, -0.2) is 0 Å². The van der Waals surface area contributed by atoms with Crippen LogP contribution in [0, 0.1) is 0 Å². The second-order valence-electron chi connectivity index (χ2n) is 2.59. The standard InChI is InChI=1S/C7H12N2O.C2H6/c1-6-8-7(5-10)3-4-9(6)2;1-2/h5,7H,3-4H2,1-2H3;1-2H3. The van der Waals surface area contributed by atoms with Gasteiger partial charge in [0.2, 0.25) is 0 Å². The van der Waals surface area contributed by atoms with Crippen LogP contribution in [0.3, 0.4) is 0 Å². The molecular formula is C9H18N2O. The molecule has 3 heteroatoms. The van der Waals surface area contributed by atoms with Crippen LogP contribution in [-0.4, -0.2) is 36.7 Å². The summed E-state index contributed by atoms with van der Waals surface area (Å²) >= 11 is 0. The highest BCUT2D eigenvalue weighted by Gasteiger charge is 2.14. The van der Waals surface area contributed by atoms with Crippen molar-refractivity contribution in [2.24, 2.45) is 4.99 Å². The first-order valence-corrected chi connectivity index (χ1v) is 4.45. The third-order valence-corrected chi connectivity index (χ3v) is 1.82. The number of rotatable bonds is 1. The maximum absolute atomic E-state index is 10.3. The second-order valence-corrected chi connectivity index (χ2v) is 2.59. The van der Waals surface area contributed by atoms with Crippen LogP contribution in [0.2, 0.25) is 0 Å². The lowest BCUT2D eigenvalue weighted by Gasteiger charge is -2.25. The molecule has 1 rings (SSSR count). The number of nitrogens with zero attached hydrogens (tertiary/aromatic N) is 2. The van der Waals surface area contributed by atoms with Crippen molar-refractivity contribution < 1.29 is 4.79 Å². The van der Waals surface area contributed by atoms with Gasteiger partial charge in [-0.05, 0) is 13.3 Å². The summed E-state index contributed by atoms with van der Waals surface area (Å²) < 4.78 is 0. The van der Waals surface area contributed by atoms with Gasteiger partial charge >= 0.3 is 0 Å². The molecule has 0 aromatic rings. The predicted octanol–water partition coefficient (Wildman–Crippen LogP) is 1.33. The van der Waals surface area contributed by atoms with Crippen molar-refractivity contribution in [1.82, 2.24) is 4.90 Å². The van der Waals surface area contributed by atoms with Gasteiger partial charge < -0.3 is 9.69 Å². The van der Waals surface area contributed by atoms with E-state index in [0.29, 0.717) is 0 Å². The van der Waals surface area contributed by atoms with Gasteiger partial charge in [-0.15, -0.1) is 0 Å². The second kappa shape index (κ2) is 5.75. The summed E-state index contributed by atoms with van der Waals surface area (Å²) in [6, 6.07) is -0.0869. The van der Waals surface area contributed by atoms with Gasteiger partial charge in [0.15, 0.2) is 0 Å². The fraction of sp³-hybridized carbons (Fsp3) is 0.778. The molecule has 1 atom stereocenters. The predicted molar refractivity (Wildman–Crippen MR) is 51.6 cm³/mol. The molecule has 12 heavy (non-hydrogen) atoms. The zero-order valence-corrected chi connectivity index (χ0v) is 8.37. The summed E-state index contributed by atoms with van der Waals surface area (Å²) in [5.41, 5.74) is 0. The molecule has 0 N–H and O–H groups in total. The minimum Gasteiger partial charge on any atom is -0.364 e. The fourth-order valence-corrected chi connectivity index (χ4v) is 0.989. The Morgan fingerprint density at radius 2 is 2.17 bits per heavy atom. The highest BCUT2D eigenvalue weighted by atomic mass is 16.1. The summed E-state index contributed by atoms with van der Waals surface area (Å²) in [5, 5.41) is 0. The van der Waals surface area contributed by atoms with Crippen molar-refractivity contribution in [3.05, 3.63) is 0 Å². The van der Waals surface area contributed by atoms with E-state index in [-0.39, 0.29) is 6.04 Å². The van der Waals surface area contributed by atoms with Crippen molar-refractivity contribution in [1.29, 1.82) is 0 Å². The van der Waals surface area contributed by atoms with E-state index in [9.17, 15) is 4.79 Å². The van der Waals surface area contributed by atoms with Crippen LogP contribution in [0.5, 0.6) is 0 Å². The molecular weight excluding hydrogens is 152 g/mol. The van der Waals surface area contributed by atoms with E-state index < -0.39 is 0 Å². The Kier molecular flexibility index (Phi) is 5.34. The van der Waals surface area contributed by atoms with Crippen LogP contribution in [0.1, 0.15) is 27.2 Å².